The number of likely N-dealkylation sites (tertiary alicyclic amines) is 1. The van der Waals surface area contributed by atoms with Crippen LogP contribution in [0.15, 0.2) is 24.3 Å². The van der Waals surface area contributed by atoms with Gasteiger partial charge in [-0.3, -0.25) is 14.5 Å². The molecule has 1 fully saturated rings. The van der Waals surface area contributed by atoms with Crippen molar-refractivity contribution in [2.24, 2.45) is 0 Å². The van der Waals surface area contributed by atoms with Crippen LogP contribution in [0.1, 0.15) is 40.2 Å². The van der Waals surface area contributed by atoms with E-state index in [4.69, 9.17) is 5.26 Å². The normalized spacial score (nSPS) is 16.8. The lowest BCUT2D eigenvalue weighted by Gasteiger charge is -2.30. The summed E-state index contributed by atoms with van der Waals surface area (Å²) in [5.74, 6) is -14.1. The van der Waals surface area contributed by atoms with E-state index in [9.17, 15) is 31.5 Å². The SMILES string of the molecule is N#Cc1ccc(C2CCN(C(=O)c3c(F)c(F)c(F)c(F)c3F)C(=O)C2)cc1. The zero-order valence-corrected chi connectivity index (χ0v) is 14.1. The van der Waals surface area contributed by atoms with Gasteiger partial charge in [-0.2, -0.15) is 5.26 Å². The van der Waals surface area contributed by atoms with E-state index in [2.05, 4.69) is 0 Å². The van der Waals surface area contributed by atoms with Crippen molar-refractivity contribution in [3.05, 3.63) is 70.0 Å². The van der Waals surface area contributed by atoms with E-state index in [1.807, 2.05) is 6.07 Å². The average Bonchev–Trinajstić information content (AvgIpc) is 2.70. The number of hydrogen-bond donors (Lipinski definition) is 0. The molecule has 1 heterocycles. The first-order chi connectivity index (χ1) is 13.3. The summed E-state index contributed by atoms with van der Waals surface area (Å²) < 4.78 is 67.5. The van der Waals surface area contributed by atoms with Gasteiger partial charge in [0.1, 0.15) is 5.56 Å². The van der Waals surface area contributed by atoms with Crippen LogP contribution in [0.3, 0.4) is 0 Å². The number of hydrogen-bond acceptors (Lipinski definition) is 3. The molecule has 1 aliphatic rings. The van der Waals surface area contributed by atoms with Gasteiger partial charge < -0.3 is 0 Å². The molecule has 9 heteroatoms. The topological polar surface area (TPSA) is 61.2 Å². The number of rotatable bonds is 2. The maximum Gasteiger partial charge on any atom is 0.266 e. The third kappa shape index (κ3) is 3.22. The number of carbonyl (C=O) groups is 2. The van der Waals surface area contributed by atoms with Crippen molar-refractivity contribution >= 4 is 11.8 Å². The Balaban J connectivity index is 1.84. The van der Waals surface area contributed by atoms with Crippen LogP contribution in [0.25, 0.3) is 0 Å². The highest BCUT2D eigenvalue weighted by Gasteiger charge is 2.37. The highest BCUT2D eigenvalue weighted by Crippen LogP contribution is 2.31. The van der Waals surface area contributed by atoms with Crippen LogP contribution in [0.2, 0.25) is 0 Å². The molecule has 0 saturated carbocycles. The van der Waals surface area contributed by atoms with Crippen molar-refractivity contribution in [3.8, 4) is 6.07 Å². The lowest BCUT2D eigenvalue weighted by Crippen LogP contribution is -2.43. The molecule has 2 aromatic rings. The molecule has 3 rings (SSSR count). The minimum atomic E-state index is -2.38. The van der Waals surface area contributed by atoms with E-state index < -0.39 is 46.5 Å². The summed E-state index contributed by atoms with van der Waals surface area (Å²) in [6.45, 7) is -0.248. The number of amides is 2. The summed E-state index contributed by atoms with van der Waals surface area (Å²) >= 11 is 0. The number of piperidine rings is 1. The molecule has 1 saturated heterocycles. The predicted octanol–water partition coefficient (Wildman–Crippen LogP) is 3.80. The lowest BCUT2D eigenvalue weighted by molar-refractivity contribution is -0.131. The first-order valence-electron chi connectivity index (χ1n) is 8.12. The second-order valence-corrected chi connectivity index (χ2v) is 6.22. The fourth-order valence-electron chi connectivity index (χ4n) is 3.09. The molecule has 0 aliphatic carbocycles. The first-order valence-corrected chi connectivity index (χ1v) is 8.12. The average molecular weight is 394 g/mol. The number of nitriles is 1. The number of halogens is 5. The molecule has 1 aliphatic heterocycles. The number of benzene rings is 2. The predicted molar refractivity (Wildman–Crippen MR) is 85.4 cm³/mol. The molecule has 144 valence electrons. The zero-order valence-electron chi connectivity index (χ0n) is 14.1. The Kier molecular flexibility index (Phi) is 5.14. The smallest absolute Gasteiger partial charge is 0.266 e. The fourth-order valence-corrected chi connectivity index (χ4v) is 3.09. The molecule has 1 atom stereocenters. The lowest BCUT2D eigenvalue weighted by atomic mass is 9.88. The van der Waals surface area contributed by atoms with Crippen molar-refractivity contribution in [3.63, 3.8) is 0 Å². The number of carbonyl (C=O) groups excluding carboxylic acids is 2. The van der Waals surface area contributed by atoms with Gasteiger partial charge in [0.05, 0.1) is 11.6 Å². The molecule has 0 bridgehead atoms. The van der Waals surface area contributed by atoms with Gasteiger partial charge in [0.2, 0.25) is 11.7 Å². The van der Waals surface area contributed by atoms with Gasteiger partial charge in [-0.1, -0.05) is 12.1 Å². The molecule has 2 amide bonds. The molecule has 28 heavy (non-hydrogen) atoms. The molecular formula is C19H11F5N2O2. The molecule has 2 aromatic carbocycles. The molecule has 0 aromatic heterocycles. The van der Waals surface area contributed by atoms with Crippen molar-refractivity contribution in [2.75, 3.05) is 6.54 Å². The van der Waals surface area contributed by atoms with Gasteiger partial charge in [0, 0.05) is 13.0 Å². The first kappa shape index (κ1) is 19.5. The van der Waals surface area contributed by atoms with E-state index >= 15 is 0 Å². The molecular weight excluding hydrogens is 383 g/mol. The Morgan fingerprint density at radius 2 is 1.50 bits per heavy atom. The summed E-state index contributed by atoms with van der Waals surface area (Å²) in [7, 11) is 0. The molecule has 0 N–H and O–H groups in total. The van der Waals surface area contributed by atoms with Crippen LogP contribution >= 0.6 is 0 Å². The third-order valence-electron chi connectivity index (χ3n) is 4.60. The largest absolute Gasteiger partial charge is 0.278 e. The third-order valence-corrected chi connectivity index (χ3v) is 4.60. The van der Waals surface area contributed by atoms with Gasteiger partial charge in [0.25, 0.3) is 5.91 Å². The second kappa shape index (κ2) is 7.38. The Morgan fingerprint density at radius 3 is 2.00 bits per heavy atom. The summed E-state index contributed by atoms with van der Waals surface area (Å²) in [5, 5.41) is 8.80. The molecule has 4 nitrogen and oxygen atoms in total. The Labute approximate surface area is 155 Å². The van der Waals surface area contributed by atoms with Crippen LogP contribution in [0.4, 0.5) is 22.0 Å². The summed E-state index contributed by atoms with van der Waals surface area (Å²) in [5.41, 5.74) is -0.494. The van der Waals surface area contributed by atoms with Crippen LogP contribution in [0.5, 0.6) is 0 Å². The zero-order chi connectivity index (χ0) is 20.6. The van der Waals surface area contributed by atoms with Gasteiger partial charge >= 0.3 is 0 Å². The Morgan fingerprint density at radius 1 is 0.964 bits per heavy atom. The van der Waals surface area contributed by atoms with Crippen molar-refractivity contribution in [2.45, 2.75) is 18.8 Å². The molecule has 0 radical (unpaired) electrons. The van der Waals surface area contributed by atoms with Crippen molar-refractivity contribution in [1.82, 2.24) is 4.90 Å². The van der Waals surface area contributed by atoms with E-state index in [1.54, 1.807) is 24.3 Å². The molecule has 0 spiro atoms. The van der Waals surface area contributed by atoms with Gasteiger partial charge in [-0.25, -0.2) is 22.0 Å². The van der Waals surface area contributed by atoms with Gasteiger partial charge in [-0.15, -0.1) is 0 Å². The molecule has 1 unspecified atom stereocenters. The standard InChI is InChI=1S/C19H11F5N2O2/c20-14-13(15(21)17(23)18(24)16(14)22)19(28)26-6-5-11(7-12(26)27)10-3-1-9(8-25)2-4-10/h1-4,11H,5-7H2. The highest BCUT2D eigenvalue weighted by molar-refractivity contribution is 6.05. The van der Waals surface area contributed by atoms with Gasteiger partial charge in [-0.05, 0) is 30.0 Å². The summed E-state index contributed by atoms with van der Waals surface area (Å²) in [6.07, 6.45) is 0.0474. The van der Waals surface area contributed by atoms with E-state index in [-0.39, 0.29) is 25.3 Å². The van der Waals surface area contributed by atoms with Crippen LogP contribution in [-0.4, -0.2) is 23.3 Å². The van der Waals surface area contributed by atoms with Crippen molar-refractivity contribution < 1.29 is 31.5 Å². The van der Waals surface area contributed by atoms with E-state index in [0.717, 1.165) is 5.56 Å². The van der Waals surface area contributed by atoms with Gasteiger partial charge in [0.15, 0.2) is 23.3 Å². The summed E-state index contributed by atoms with van der Waals surface area (Å²) in [6, 6.07) is 8.38. The minimum Gasteiger partial charge on any atom is -0.278 e. The highest BCUT2D eigenvalue weighted by atomic mass is 19.2. The fraction of sp³-hybridized carbons (Fsp3) is 0.211. The number of nitrogens with zero attached hydrogens (tertiary/aromatic N) is 2. The van der Waals surface area contributed by atoms with Crippen LogP contribution in [0, 0.1) is 40.4 Å². The van der Waals surface area contributed by atoms with Crippen LogP contribution in [-0.2, 0) is 4.79 Å². The number of imide groups is 1. The Bertz CT molecular complexity index is 985. The second-order valence-electron chi connectivity index (χ2n) is 6.22. The van der Waals surface area contributed by atoms with E-state index in [1.165, 1.54) is 0 Å². The maximum absolute atomic E-state index is 13.8. The minimum absolute atomic E-state index is 0.187. The maximum atomic E-state index is 13.8. The van der Waals surface area contributed by atoms with Crippen molar-refractivity contribution in [1.29, 1.82) is 5.26 Å². The van der Waals surface area contributed by atoms with Crippen LogP contribution < -0.4 is 0 Å². The van der Waals surface area contributed by atoms with E-state index in [0.29, 0.717) is 10.5 Å². The monoisotopic (exact) mass is 394 g/mol. The summed E-state index contributed by atoms with van der Waals surface area (Å²) in [4.78, 5) is 25.1. The Hall–Kier alpha value is -3.28. The quantitative estimate of drug-likeness (QED) is 0.337.